The maximum Gasteiger partial charge on any atom is 0.259 e. The number of nitrogens with one attached hydrogen (secondary N) is 2. The second kappa shape index (κ2) is 9.82. The average Bonchev–Trinajstić information content (AvgIpc) is 2.69. The molecular weight excluding hydrogens is 372 g/mol. The summed E-state index contributed by atoms with van der Waals surface area (Å²) in [6, 6.07) is 25.7. The van der Waals surface area contributed by atoms with Crippen molar-refractivity contribution in [2.45, 2.75) is 18.8 Å². The number of benzene rings is 3. The molecule has 6 heteroatoms. The highest BCUT2D eigenvalue weighted by molar-refractivity contribution is 7.80. The van der Waals surface area contributed by atoms with Crippen LogP contribution in [0.3, 0.4) is 0 Å². The Bertz CT molecular complexity index is 947. The lowest BCUT2D eigenvalue weighted by molar-refractivity contribution is -0.105. The fraction of sp³-hybridized carbons (Fsp3) is 0.136. The number of carbonyl (C=O) groups excluding carboxylic acids is 1. The van der Waals surface area contributed by atoms with Gasteiger partial charge in [-0.3, -0.25) is 14.1 Å². The summed E-state index contributed by atoms with van der Waals surface area (Å²) in [4.78, 5) is 10.7. The van der Waals surface area contributed by atoms with Gasteiger partial charge in [0.1, 0.15) is 0 Å². The predicted octanol–water partition coefficient (Wildman–Crippen LogP) is 4.37. The van der Waals surface area contributed by atoms with Gasteiger partial charge in [0.05, 0.1) is 0 Å². The van der Waals surface area contributed by atoms with Crippen molar-refractivity contribution in [1.29, 1.82) is 0 Å². The van der Waals surface area contributed by atoms with E-state index in [1.165, 1.54) is 5.56 Å². The third-order valence-corrected chi connectivity index (χ3v) is 4.93. The zero-order chi connectivity index (χ0) is 19.8. The number of anilines is 2. The minimum atomic E-state index is -2.10. The Morgan fingerprint density at radius 1 is 0.857 bits per heavy atom. The Hall–Kier alpha value is -2.96. The van der Waals surface area contributed by atoms with Gasteiger partial charge in [-0.05, 0) is 59.7 Å². The second-order valence-electron chi connectivity index (χ2n) is 6.53. The summed E-state index contributed by atoms with van der Waals surface area (Å²) >= 11 is -2.10. The zero-order valence-electron chi connectivity index (χ0n) is 15.2. The number of amides is 1. The number of hydrogen-bond donors (Lipinski definition) is 3. The van der Waals surface area contributed by atoms with E-state index in [0.29, 0.717) is 12.1 Å². The molecule has 0 radical (unpaired) electrons. The Balaban J connectivity index is 1.85. The van der Waals surface area contributed by atoms with Crippen molar-refractivity contribution in [3.05, 3.63) is 95.6 Å². The summed E-state index contributed by atoms with van der Waals surface area (Å²) in [6.45, 7) is 0. The van der Waals surface area contributed by atoms with Crippen LogP contribution in [0.1, 0.15) is 22.6 Å². The normalized spacial score (nSPS) is 12.8. The molecule has 3 rings (SSSR count). The molecule has 0 aliphatic heterocycles. The van der Waals surface area contributed by atoms with Crippen LogP contribution >= 0.6 is 0 Å². The smallest absolute Gasteiger partial charge is 0.259 e. The number of rotatable bonds is 9. The maximum absolute atomic E-state index is 11.0. The van der Waals surface area contributed by atoms with Crippen molar-refractivity contribution in [2.24, 2.45) is 0 Å². The monoisotopic (exact) mass is 394 g/mol. The van der Waals surface area contributed by atoms with Gasteiger partial charge in [-0.1, -0.05) is 54.6 Å². The molecule has 3 aromatic carbocycles. The van der Waals surface area contributed by atoms with E-state index in [2.05, 4.69) is 28.2 Å². The highest BCUT2D eigenvalue weighted by Crippen LogP contribution is 2.27. The van der Waals surface area contributed by atoms with Crippen LogP contribution in [0.4, 0.5) is 11.4 Å². The molecule has 0 bridgehead atoms. The van der Waals surface area contributed by atoms with Crippen molar-refractivity contribution in [3.8, 4) is 0 Å². The number of hydrogen-bond acceptors (Lipinski definition) is 2. The molecule has 0 saturated heterocycles. The Kier molecular flexibility index (Phi) is 6.94. The molecule has 3 aromatic rings. The minimum absolute atomic E-state index is 0.225. The van der Waals surface area contributed by atoms with Gasteiger partial charge < -0.3 is 5.32 Å². The largest absolute Gasteiger partial charge is 0.329 e. The van der Waals surface area contributed by atoms with Gasteiger partial charge in [-0.25, -0.2) is 4.21 Å². The lowest BCUT2D eigenvalue weighted by atomic mass is 9.86. The Labute approximate surface area is 167 Å². The fourth-order valence-corrected chi connectivity index (χ4v) is 3.65. The van der Waals surface area contributed by atoms with Crippen LogP contribution in [0.2, 0.25) is 0 Å². The van der Waals surface area contributed by atoms with Crippen molar-refractivity contribution in [1.82, 2.24) is 0 Å². The third kappa shape index (κ3) is 5.77. The van der Waals surface area contributed by atoms with Crippen LogP contribution in [0.25, 0.3) is 0 Å². The number of carbonyl (C=O) groups is 1. The van der Waals surface area contributed by atoms with Crippen LogP contribution in [-0.2, 0) is 28.9 Å². The SMILES string of the molecule is O=CNc1cccc(CC(Cc2cccc(NS(=O)O)c2)c2ccccc2)c1. The van der Waals surface area contributed by atoms with Crippen molar-refractivity contribution >= 4 is 29.1 Å². The highest BCUT2D eigenvalue weighted by Gasteiger charge is 2.14. The molecule has 0 aliphatic rings. The van der Waals surface area contributed by atoms with Crippen LogP contribution in [-0.4, -0.2) is 15.2 Å². The third-order valence-electron chi connectivity index (χ3n) is 4.52. The molecule has 0 heterocycles. The predicted molar refractivity (Wildman–Crippen MR) is 114 cm³/mol. The molecule has 0 fully saturated rings. The quantitative estimate of drug-likeness (QED) is 0.372. The van der Waals surface area contributed by atoms with E-state index in [-0.39, 0.29) is 5.92 Å². The first kappa shape index (κ1) is 19.8. The molecule has 0 spiro atoms. The molecule has 144 valence electrons. The zero-order valence-corrected chi connectivity index (χ0v) is 16.1. The molecule has 0 aromatic heterocycles. The van der Waals surface area contributed by atoms with E-state index in [4.69, 9.17) is 4.55 Å². The molecule has 2 atom stereocenters. The van der Waals surface area contributed by atoms with Crippen molar-refractivity contribution < 1.29 is 13.6 Å². The molecule has 5 nitrogen and oxygen atoms in total. The van der Waals surface area contributed by atoms with Crippen LogP contribution in [0, 0.1) is 0 Å². The van der Waals surface area contributed by atoms with E-state index in [9.17, 15) is 9.00 Å². The van der Waals surface area contributed by atoms with Crippen LogP contribution in [0.15, 0.2) is 78.9 Å². The summed E-state index contributed by atoms with van der Waals surface area (Å²) in [5.41, 5.74) is 4.82. The van der Waals surface area contributed by atoms with Crippen molar-refractivity contribution in [2.75, 3.05) is 10.0 Å². The van der Waals surface area contributed by atoms with Gasteiger partial charge in [-0.15, -0.1) is 0 Å². The van der Waals surface area contributed by atoms with E-state index >= 15 is 0 Å². The molecule has 0 saturated carbocycles. The molecular formula is C22H22N2O3S. The van der Waals surface area contributed by atoms with E-state index in [1.807, 2.05) is 54.6 Å². The fourth-order valence-electron chi connectivity index (χ4n) is 3.32. The van der Waals surface area contributed by atoms with Crippen LogP contribution < -0.4 is 10.0 Å². The molecule has 1 amide bonds. The second-order valence-corrected chi connectivity index (χ2v) is 7.23. The summed E-state index contributed by atoms with van der Waals surface area (Å²) < 4.78 is 22.6. The summed E-state index contributed by atoms with van der Waals surface area (Å²) in [6.07, 6.45) is 2.27. The van der Waals surface area contributed by atoms with E-state index in [1.54, 1.807) is 6.07 Å². The van der Waals surface area contributed by atoms with Gasteiger partial charge in [0, 0.05) is 11.4 Å². The summed E-state index contributed by atoms with van der Waals surface area (Å²) in [5.74, 6) is 0.225. The van der Waals surface area contributed by atoms with Crippen molar-refractivity contribution in [3.63, 3.8) is 0 Å². The summed E-state index contributed by atoms with van der Waals surface area (Å²) in [5, 5.41) is 2.69. The van der Waals surface area contributed by atoms with Gasteiger partial charge in [0.15, 0.2) is 0 Å². The molecule has 3 N–H and O–H groups in total. The highest BCUT2D eigenvalue weighted by atomic mass is 32.2. The van der Waals surface area contributed by atoms with Crippen LogP contribution in [0.5, 0.6) is 0 Å². The lowest BCUT2D eigenvalue weighted by Crippen LogP contribution is -2.08. The van der Waals surface area contributed by atoms with E-state index < -0.39 is 11.3 Å². The van der Waals surface area contributed by atoms with Gasteiger partial charge in [0.2, 0.25) is 6.41 Å². The first-order chi connectivity index (χ1) is 13.6. The maximum atomic E-state index is 11.0. The Morgan fingerprint density at radius 3 is 2.07 bits per heavy atom. The molecule has 0 aliphatic carbocycles. The topological polar surface area (TPSA) is 78.4 Å². The van der Waals surface area contributed by atoms with E-state index in [0.717, 1.165) is 29.7 Å². The minimum Gasteiger partial charge on any atom is -0.329 e. The lowest BCUT2D eigenvalue weighted by Gasteiger charge is -2.19. The standard InChI is InChI=1S/C22H22N2O3S/c25-16-23-21-10-4-6-17(14-21)12-20(19-8-2-1-3-9-19)13-18-7-5-11-22(15-18)24-28(26)27/h1-11,14-16,20,24H,12-13H2,(H,23,25)(H,26,27). The average molecular weight is 394 g/mol. The molecule has 28 heavy (non-hydrogen) atoms. The first-order valence-electron chi connectivity index (χ1n) is 8.94. The Morgan fingerprint density at radius 2 is 1.46 bits per heavy atom. The van der Waals surface area contributed by atoms with Gasteiger partial charge in [0.25, 0.3) is 11.3 Å². The molecule has 2 unspecified atom stereocenters. The summed E-state index contributed by atoms with van der Waals surface area (Å²) in [7, 11) is 0. The van der Waals surface area contributed by atoms with Gasteiger partial charge in [-0.2, -0.15) is 0 Å². The van der Waals surface area contributed by atoms with Gasteiger partial charge >= 0.3 is 0 Å². The first-order valence-corrected chi connectivity index (χ1v) is 10.1.